The molecule has 1 N–H and O–H groups in total. The number of nitrogens with one attached hydrogen (secondary N) is 1. The maximum absolute atomic E-state index is 12.0. The Morgan fingerprint density at radius 3 is 2.68 bits per heavy atom. The topological polar surface area (TPSA) is 37.8 Å². The number of rotatable bonds is 2. The summed E-state index contributed by atoms with van der Waals surface area (Å²) in [6, 6.07) is 12.8. The van der Waals surface area contributed by atoms with E-state index in [9.17, 15) is 4.79 Å². The molecule has 0 unspecified atom stereocenters. The van der Waals surface area contributed by atoms with Crippen molar-refractivity contribution >= 4 is 34.2 Å². The summed E-state index contributed by atoms with van der Waals surface area (Å²) >= 11 is 12.1. The lowest BCUT2D eigenvalue weighted by molar-refractivity contribution is 0.787. The quantitative estimate of drug-likeness (QED) is 0.769. The molecule has 1 aromatic heterocycles. The van der Waals surface area contributed by atoms with E-state index in [0.29, 0.717) is 22.1 Å². The van der Waals surface area contributed by atoms with Gasteiger partial charge in [0, 0.05) is 5.02 Å². The number of halogens is 2. The van der Waals surface area contributed by atoms with Crippen LogP contribution in [0, 0.1) is 0 Å². The fourth-order valence-corrected chi connectivity index (χ4v) is 2.63. The highest BCUT2D eigenvalue weighted by Gasteiger charge is 2.10. The number of nitrogens with zero attached hydrogens (tertiary/aromatic N) is 1. The fraction of sp³-hybridized carbons (Fsp3) is 0.0714. The lowest BCUT2D eigenvalue weighted by Gasteiger charge is -2.05. The van der Waals surface area contributed by atoms with Crippen LogP contribution in [0.1, 0.15) is 5.56 Å². The number of aromatic nitrogens is 2. The molecule has 1 heterocycles. The van der Waals surface area contributed by atoms with Crippen molar-refractivity contribution in [2.24, 2.45) is 0 Å². The first-order valence-electron chi connectivity index (χ1n) is 5.76. The molecule has 0 saturated carbocycles. The van der Waals surface area contributed by atoms with Gasteiger partial charge in [-0.25, -0.2) is 4.79 Å². The van der Waals surface area contributed by atoms with Crippen LogP contribution in [-0.2, 0) is 6.54 Å². The minimum absolute atomic E-state index is 0.178. The second kappa shape index (κ2) is 4.76. The molecule has 0 saturated heterocycles. The Labute approximate surface area is 119 Å². The van der Waals surface area contributed by atoms with Crippen LogP contribution in [0.5, 0.6) is 0 Å². The van der Waals surface area contributed by atoms with Crippen molar-refractivity contribution in [3.63, 3.8) is 0 Å². The summed E-state index contributed by atoms with van der Waals surface area (Å²) in [6.07, 6.45) is 0. The minimum atomic E-state index is -0.178. The van der Waals surface area contributed by atoms with Gasteiger partial charge in [0.15, 0.2) is 0 Å². The number of hydrogen-bond acceptors (Lipinski definition) is 1. The van der Waals surface area contributed by atoms with Crippen LogP contribution in [0.25, 0.3) is 11.0 Å². The molecular weight excluding hydrogens is 283 g/mol. The molecule has 0 aliphatic heterocycles. The standard InChI is InChI=1S/C14H10Cl2N2O/c15-10-4-1-3-9(7-10)8-18-13-11(16)5-2-6-12(13)17-14(18)19/h1-7H,8H2,(H,17,19). The zero-order valence-corrected chi connectivity index (χ0v) is 11.4. The fourth-order valence-electron chi connectivity index (χ4n) is 2.14. The third-order valence-corrected chi connectivity index (χ3v) is 3.51. The number of imidazole rings is 1. The molecule has 96 valence electrons. The van der Waals surface area contributed by atoms with E-state index >= 15 is 0 Å². The SMILES string of the molecule is O=c1[nH]c2cccc(Cl)c2n1Cc1cccc(Cl)c1. The summed E-state index contributed by atoms with van der Waals surface area (Å²) in [5.41, 5.74) is 2.23. The van der Waals surface area contributed by atoms with Crippen molar-refractivity contribution in [1.82, 2.24) is 9.55 Å². The highest BCUT2D eigenvalue weighted by Crippen LogP contribution is 2.22. The van der Waals surface area contributed by atoms with Crippen molar-refractivity contribution in [3.8, 4) is 0 Å². The smallest absolute Gasteiger partial charge is 0.305 e. The number of H-pyrrole nitrogens is 1. The first-order valence-corrected chi connectivity index (χ1v) is 6.52. The summed E-state index contributed by atoms with van der Waals surface area (Å²) in [7, 11) is 0. The van der Waals surface area contributed by atoms with E-state index in [-0.39, 0.29) is 5.69 Å². The molecule has 0 aliphatic rings. The zero-order valence-electron chi connectivity index (χ0n) is 9.86. The average Bonchev–Trinajstić information content (AvgIpc) is 2.67. The van der Waals surface area contributed by atoms with Gasteiger partial charge in [0.05, 0.1) is 22.6 Å². The molecule has 19 heavy (non-hydrogen) atoms. The largest absolute Gasteiger partial charge is 0.326 e. The predicted molar refractivity (Wildman–Crippen MR) is 78.1 cm³/mol. The Morgan fingerprint density at radius 2 is 1.89 bits per heavy atom. The zero-order chi connectivity index (χ0) is 13.4. The van der Waals surface area contributed by atoms with Gasteiger partial charge in [-0.1, -0.05) is 41.4 Å². The summed E-state index contributed by atoms with van der Waals surface area (Å²) in [6.45, 7) is 0.434. The van der Waals surface area contributed by atoms with Crippen LogP contribution in [0.4, 0.5) is 0 Å². The van der Waals surface area contributed by atoms with E-state index in [2.05, 4.69) is 4.98 Å². The van der Waals surface area contributed by atoms with Gasteiger partial charge in [0.25, 0.3) is 0 Å². The summed E-state index contributed by atoms with van der Waals surface area (Å²) in [5.74, 6) is 0. The Kier molecular flexibility index (Phi) is 3.09. The third-order valence-electron chi connectivity index (χ3n) is 2.97. The Balaban J connectivity index is 2.15. The van der Waals surface area contributed by atoms with Gasteiger partial charge in [-0.15, -0.1) is 0 Å². The number of fused-ring (bicyclic) bond motifs is 1. The molecule has 3 rings (SSSR count). The number of benzene rings is 2. The van der Waals surface area contributed by atoms with E-state index < -0.39 is 0 Å². The van der Waals surface area contributed by atoms with E-state index in [1.54, 1.807) is 16.7 Å². The van der Waals surface area contributed by atoms with Crippen molar-refractivity contribution in [3.05, 3.63) is 68.6 Å². The van der Waals surface area contributed by atoms with Crippen molar-refractivity contribution in [2.75, 3.05) is 0 Å². The van der Waals surface area contributed by atoms with Crippen molar-refractivity contribution < 1.29 is 0 Å². The van der Waals surface area contributed by atoms with Gasteiger partial charge >= 0.3 is 5.69 Å². The second-order valence-electron chi connectivity index (χ2n) is 4.28. The molecule has 0 radical (unpaired) electrons. The van der Waals surface area contributed by atoms with E-state index in [4.69, 9.17) is 23.2 Å². The molecule has 5 heteroatoms. The Morgan fingerprint density at radius 1 is 1.11 bits per heavy atom. The minimum Gasteiger partial charge on any atom is -0.305 e. The summed E-state index contributed by atoms with van der Waals surface area (Å²) in [4.78, 5) is 14.8. The van der Waals surface area contributed by atoms with Gasteiger partial charge in [0.1, 0.15) is 0 Å². The van der Waals surface area contributed by atoms with Gasteiger partial charge in [0.2, 0.25) is 0 Å². The summed E-state index contributed by atoms with van der Waals surface area (Å²) in [5, 5.41) is 1.20. The normalized spacial score (nSPS) is 11.1. The summed E-state index contributed by atoms with van der Waals surface area (Å²) < 4.78 is 1.61. The van der Waals surface area contributed by atoms with E-state index in [0.717, 1.165) is 11.1 Å². The molecule has 0 bridgehead atoms. The highest BCUT2D eigenvalue weighted by atomic mass is 35.5. The second-order valence-corrected chi connectivity index (χ2v) is 5.13. The molecule has 0 atom stereocenters. The van der Waals surface area contributed by atoms with Crippen LogP contribution < -0.4 is 5.69 Å². The highest BCUT2D eigenvalue weighted by molar-refractivity contribution is 6.35. The predicted octanol–water partition coefficient (Wildman–Crippen LogP) is 3.68. The number of aromatic amines is 1. The molecule has 3 aromatic rings. The van der Waals surface area contributed by atoms with Crippen LogP contribution >= 0.6 is 23.2 Å². The van der Waals surface area contributed by atoms with Gasteiger partial charge in [-0.2, -0.15) is 0 Å². The number of para-hydroxylation sites is 1. The maximum Gasteiger partial charge on any atom is 0.326 e. The lowest BCUT2D eigenvalue weighted by atomic mass is 10.2. The molecule has 2 aromatic carbocycles. The third kappa shape index (κ3) is 2.27. The first-order chi connectivity index (χ1) is 9.15. The first kappa shape index (κ1) is 12.3. The lowest BCUT2D eigenvalue weighted by Crippen LogP contribution is -2.17. The van der Waals surface area contributed by atoms with E-state index in [1.807, 2.05) is 30.3 Å². The molecule has 0 spiro atoms. The molecular formula is C14H10Cl2N2O. The molecule has 0 aliphatic carbocycles. The van der Waals surface area contributed by atoms with Crippen molar-refractivity contribution in [2.45, 2.75) is 6.54 Å². The Hall–Kier alpha value is -1.71. The van der Waals surface area contributed by atoms with Gasteiger partial charge in [-0.3, -0.25) is 4.57 Å². The van der Waals surface area contributed by atoms with Crippen LogP contribution in [-0.4, -0.2) is 9.55 Å². The monoisotopic (exact) mass is 292 g/mol. The Bertz CT molecular complexity index is 805. The van der Waals surface area contributed by atoms with E-state index in [1.165, 1.54) is 0 Å². The average molecular weight is 293 g/mol. The van der Waals surface area contributed by atoms with Gasteiger partial charge < -0.3 is 4.98 Å². The molecule has 0 amide bonds. The number of hydrogen-bond donors (Lipinski definition) is 1. The van der Waals surface area contributed by atoms with Crippen LogP contribution in [0.2, 0.25) is 10.0 Å². The van der Waals surface area contributed by atoms with Crippen molar-refractivity contribution in [1.29, 1.82) is 0 Å². The van der Waals surface area contributed by atoms with Crippen LogP contribution in [0.15, 0.2) is 47.3 Å². The molecule has 3 nitrogen and oxygen atoms in total. The van der Waals surface area contributed by atoms with Crippen LogP contribution in [0.3, 0.4) is 0 Å². The van der Waals surface area contributed by atoms with Gasteiger partial charge in [-0.05, 0) is 29.8 Å². The molecule has 0 fully saturated rings. The maximum atomic E-state index is 12.0.